The first-order valence-electron chi connectivity index (χ1n) is 7.19. The van der Waals surface area contributed by atoms with Crippen LogP contribution in [0.5, 0.6) is 0 Å². The largest absolute Gasteiger partial charge is 0.393 e. The van der Waals surface area contributed by atoms with Crippen molar-refractivity contribution in [2.75, 3.05) is 13.1 Å². The summed E-state index contributed by atoms with van der Waals surface area (Å²) in [7, 11) is -3.51. The quantitative estimate of drug-likeness (QED) is 0.823. The standard InChI is InChI=1S/C13H22N4O2S2/c1-3-6-16-9-12(15-10(16)2)21(18,19)17-7-4-11(5-8-17)13(14)20/h9,11H,3-8H2,1-2H3,(H2,14,20). The molecule has 0 atom stereocenters. The summed E-state index contributed by atoms with van der Waals surface area (Å²) in [6.45, 7) is 5.55. The van der Waals surface area contributed by atoms with Gasteiger partial charge in [0, 0.05) is 31.7 Å². The molecule has 0 aromatic carbocycles. The summed E-state index contributed by atoms with van der Waals surface area (Å²) >= 11 is 4.98. The highest BCUT2D eigenvalue weighted by Crippen LogP contribution is 2.23. The van der Waals surface area contributed by atoms with Crippen LogP contribution >= 0.6 is 12.2 Å². The van der Waals surface area contributed by atoms with Crippen molar-refractivity contribution in [3.8, 4) is 0 Å². The van der Waals surface area contributed by atoms with Gasteiger partial charge in [-0.2, -0.15) is 4.31 Å². The van der Waals surface area contributed by atoms with Crippen molar-refractivity contribution in [1.29, 1.82) is 0 Å². The number of nitrogens with zero attached hydrogens (tertiary/aromatic N) is 3. The Labute approximate surface area is 131 Å². The maximum absolute atomic E-state index is 12.6. The van der Waals surface area contributed by atoms with Crippen molar-refractivity contribution in [1.82, 2.24) is 13.9 Å². The van der Waals surface area contributed by atoms with Gasteiger partial charge in [-0.15, -0.1) is 0 Å². The van der Waals surface area contributed by atoms with Gasteiger partial charge in [-0.3, -0.25) is 0 Å². The molecule has 8 heteroatoms. The third-order valence-corrected chi connectivity index (χ3v) is 5.98. The van der Waals surface area contributed by atoms with E-state index in [4.69, 9.17) is 18.0 Å². The molecule has 1 aliphatic heterocycles. The highest BCUT2D eigenvalue weighted by Gasteiger charge is 2.32. The second kappa shape index (κ2) is 6.41. The van der Waals surface area contributed by atoms with Gasteiger partial charge in [0.25, 0.3) is 10.0 Å². The molecule has 1 aromatic rings. The fraction of sp³-hybridized carbons (Fsp3) is 0.692. The first-order valence-corrected chi connectivity index (χ1v) is 9.04. The van der Waals surface area contributed by atoms with Gasteiger partial charge in [0.2, 0.25) is 0 Å². The van der Waals surface area contributed by atoms with E-state index in [1.54, 1.807) is 6.20 Å². The number of aryl methyl sites for hydroxylation is 2. The molecule has 2 rings (SSSR count). The zero-order valence-corrected chi connectivity index (χ0v) is 14.1. The molecule has 0 amide bonds. The van der Waals surface area contributed by atoms with Crippen molar-refractivity contribution in [2.24, 2.45) is 11.7 Å². The van der Waals surface area contributed by atoms with E-state index < -0.39 is 10.0 Å². The van der Waals surface area contributed by atoms with Crippen molar-refractivity contribution >= 4 is 27.2 Å². The van der Waals surface area contributed by atoms with Crippen LogP contribution < -0.4 is 5.73 Å². The number of rotatable bonds is 5. The Bertz CT molecular complexity index is 616. The van der Waals surface area contributed by atoms with Crippen LogP contribution in [0.4, 0.5) is 0 Å². The summed E-state index contributed by atoms with van der Waals surface area (Å²) in [6, 6.07) is 0. The van der Waals surface area contributed by atoms with Crippen LogP contribution in [0.3, 0.4) is 0 Å². The summed E-state index contributed by atoms with van der Waals surface area (Å²) < 4.78 is 28.6. The van der Waals surface area contributed by atoms with Gasteiger partial charge in [0.15, 0.2) is 5.03 Å². The Morgan fingerprint density at radius 3 is 2.62 bits per heavy atom. The normalized spacial score (nSPS) is 18.0. The van der Waals surface area contributed by atoms with Crippen LogP contribution in [0.2, 0.25) is 0 Å². The molecule has 1 aliphatic rings. The summed E-state index contributed by atoms with van der Waals surface area (Å²) in [5, 5.41) is 0.141. The second-order valence-electron chi connectivity index (χ2n) is 5.40. The van der Waals surface area contributed by atoms with Gasteiger partial charge in [-0.1, -0.05) is 19.1 Å². The lowest BCUT2D eigenvalue weighted by Crippen LogP contribution is -2.41. The second-order valence-corrected chi connectivity index (χ2v) is 7.76. The fourth-order valence-electron chi connectivity index (χ4n) is 2.58. The first kappa shape index (κ1) is 16.4. The molecule has 118 valence electrons. The molecule has 1 fully saturated rings. The molecular formula is C13H22N4O2S2. The number of thiocarbonyl (C=S) groups is 1. The van der Waals surface area contributed by atoms with Gasteiger partial charge in [0.1, 0.15) is 5.82 Å². The highest BCUT2D eigenvalue weighted by atomic mass is 32.2. The van der Waals surface area contributed by atoms with Gasteiger partial charge < -0.3 is 10.3 Å². The van der Waals surface area contributed by atoms with E-state index in [1.165, 1.54) is 4.31 Å². The molecule has 0 spiro atoms. The van der Waals surface area contributed by atoms with Crippen LogP contribution in [0.15, 0.2) is 11.2 Å². The van der Waals surface area contributed by atoms with E-state index in [0.717, 1.165) is 18.8 Å². The SMILES string of the molecule is CCCn1cc(S(=O)(=O)N2CCC(C(N)=S)CC2)nc1C. The molecule has 6 nitrogen and oxygen atoms in total. The highest BCUT2D eigenvalue weighted by molar-refractivity contribution is 7.89. The smallest absolute Gasteiger partial charge is 0.262 e. The van der Waals surface area contributed by atoms with E-state index in [9.17, 15) is 8.42 Å². The Morgan fingerprint density at radius 2 is 2.10 bits per heavy atom. The van der Waals surface area contributed by atoms with Gasteiger partial charge in [-0.05, 0) is 26.2 Å². The minimum absolute atomic E-state index is 0.141. The lowest BCUT2D eigenvalue weighted by Gasteiger charge is -2.29. The van der Waals surface area contributed by atoms with Crippen molar-refractivity contribution in [3.05, 3.63) is 12.0 Å². The lowest BCUT2D eigenvalue weighted by molar-refractivity contribution is 0.316. The maximum Gasteiger partial charge on any atom is 0.262 e. The minimum Gasteiger partial charge on any atom is -0.393 e. The molecule has 0 aliphatic carbocycles. The number of nitrogens with two attached hydrogens (primary N) is 1. The van der Waals surface area contributed by atoms with Crippen LogP contribution in [0.1, 0.15) is 32.0 Å². The number of hydrogen-bond donors (Lipinski definition) is 1. The Balaban J connectivity index is 2.15. The summed E-state index contributed by atoms with van der Waals surface area (Å²) in [4.78, 5) is 4.69. The maximum atomic E-state index is 12.6. The molecule has 0 radical (unpaired) electrons. The van der Waals surface area contributed by atoms with Crippen LogP contribution in [-0.2, 0) is 16.6 Å². The van der Waals surface area contributed by atoms with Gasteiger partial charge in [-0.25, -0.2) is 13.4 Å². The minimum atomic E-state index is -3.51. The summed E-state index contributed by atoms with van der Waals surface area (Å²) in [5.41, 5.74) is 5.64. The van der Waals surface area contributed by atoms with Crippen LogP contribution in [-0.4, -0.2) is 40.4 Å². The van der Waals surface area contributed by atoms with Crippen LogP contribution in [0.25, 0.3) is 0 Å². The number of imidazole rings is 1. The molecular weight excluding hydrogens is 308 g/mol. The Hall–Kier alpha value is -0.990. The molecule has 21 heavy (non-hydrogen) atoms. The predicted octanol–water partition coefficient (Wildman–Crippen LogP) is 1.29. The molecule has 0 saturated carbocycles. The van der Waals surface area contributed by atoms with E-state index in [0.29, 0.717) is 30.9 Å². The molecule has 1 saturated heterocycles. The lowest BCUT2D eigenvalue weighted by atomic mass is 9.98. The number of aromatic nitrogens is 2. The summed E-state index contributed by atoms with van der Waals surface area (Å²) in [6.07, 6.45) is 3.94. The molecule has 0 bridgehead atoms. The van der Waals surface area contributed by atoms with Gasteiger partial charge in [0.05, 0.1) is 4.99 Å². The molecule has 0 unspecified atom stereocenters. The van der Waals surface area contributed by atoms with Crippen molar-refractivity contribution in [2.45, 2.75) is 44.7 Å². The average molecular weight is 330 g/mol. The third kappa shape index (κ3) is 3.44. The zero-order chi connectivity index (χ0) is 15.6. The third-order valence-electron chi connectivity index (χ3n) is 3.88. The zero-order valence-electron chi connectivity index (χ0n) is 12.4. The number of hydrogen-bond acceptors (Lipinski definition) is 4. The average Bonchev–Trinajstić information content (AvgIpc) is 2.81. The first-order chi connectivity index (χ1) is 9.86. The van der Waals surface area contributed by atoms with E-state index in [-0.39, 0.29) is 10.9 Å². The van der Waals surface area contributed by atoms with Gasteiger partial charge >= 0.3 is 0 Å². The van der Waals surface area contributed by atoms with E-state index in [2.05, 4.69) is 4.98 Å². The summed E-state index contributed by atoms with van der Waals surface area (Å²) in [5.74, 6) is 0.874. The van der Waals surface area contributed by atoms with E-state index >= 15 is 0 Å². The monoisotopic (exact) mass is 330 g/mol. The topological polar surface area (TPSA) is 81.2 Å². The van der Waals surface area contributed by atoms with Crippen molar-refractivity contribution < 1.29 is 8.42 Å². The Morgan fingerprint density at radius 1 is 1.48 bits per heavy atom. The van der Waals surface area contributed by atoms with Crippen LogP contribution in [0, 0.1) is 12.8 Å². The predicted molar refractivity (Wildman–Crippen MR) is 85.5 cm³/mol. The fourth-order valence-corrected chi connectivity index (χ4v) is 4.28. The molecule has 2 heterocycles. The van der Waals surface area contributed by atoms with E-state index in [1.807, 2.05) is 18.4 Å². The number of piperidine rings is 1. The number of sulfonamides is 1. The van der Waals surface area contributed by atoms with Crippen molar-refractivity contribution in [3.63, 3.8) is 0 Å². The molecule has 2 N–H and O–H groups in total. The molecule has 1 aromatic heterocycles. The Kier molecular flexibility index (Phi) is 5.00.